The molecule has 2 fully saturated rings. The van der Waals surface area contributed by atoms with Crippen LogP contribution >= 0.6 is 0 Å². The molecule has 1 unspecified atom stereocenters. The minimum atomic E-state index is -0.890. The molecule has 0 spiro atoms. The Kier molecular flexibility index (Phi) is 10.1. The number of fused-ring (bicyclic) bond motifs is 1. The molecule has 12 heteroatoms. The van der Waals surface area contributed by atoms with E-state index in [1.54, 1.807) is 52.5 Å². The molecule has 45 heavy (non-hydrogen) atoms. The Bertz CT molecular complexity index is 1500. The standard InChI is InChI=1S/C33H37N7O5/c1-2-18-38-23-31(43)39-27(20-24-13-15-26(41)16-14-24)32(44)37(19-8-12-29(42)36-28-11-6-7-17-34-28)22-30(39)40(38)33(45)35-21-25-9-4-3-5-10-25/h2-7,9-11,13-17,27,30,41H,1,8,12,18-23H2,(H,35,45)(H,34,36,42)/t27-,30?/m0/s1. The molecule has 2 saturated heterocycles. The topological polar surface area (TPSA) is 138 Å². The molecule has 0 radical (unpaired) electrons. The summed E-state index contributed by atoms with van der Waals surface area (Å²) >= 11 is 0. The van der Waals surface area contributed by atoms with Gasteiger partial charge in [0.25, 0.3) is 0 Å². The van der Waals surface area contributed by atoms with Crippen LogP contribution in [-0.4, -0.2) is 92.0 Å². The molecular weight excluding hydrogens is 574 g/mol. The lowest BCUT2D eigenvalue weighted by Gasteiger charge is -2.55. The van der Waals surface area contributed by atoms with Gasteiger partial charge < -0.3 is 25.5 Å². The van der Waals surface area contributed by atoms with Crippen LogP contribution in [0.3, 0.4) is 0 Å². The number of amides is 5. The van der Waals surface area contributed by atoms with Gasteiger partial charge in [-0.25, -0.2) is 19.8 Å². The van der Waals surface area contributed by atoms with Crippen LogP contribution < -0.4 is 10.6 Å². The van der Waals surface area contributed by atoms with E-state index >= 15 is 0 Å². The third-order valence-corrected chi connectivity index (χ3v) is 7.79. The van der Waals surface area contributed by atoms with Gasteiger partial charge in [-0.05, 0) is 41.8 Å². The Hall–Kier alpha value is -5.23. The third-order valence-electron chi connectivity index (χ3n) is 7.79. The number of carbonyl (C=O) groups excluding carboxylic acids is 4. The number of aromatic nitrogens is 1. The van der Waals surface area contributed by atoms with Crippen molar-refractivity contribution < 1.29 is 24.3 Å². The van der Waals surface area contributed by atoms with Crippen molar-refractivity contribution in [3.05, 3.63) is 103 Å². The first-order valence-corrected chi connectivity index (χ1v) is 14.9. The summed E-state index contributed by atoms with van der Waals surface area (Å²) in [5, 5.41) is 18.7. The summed E-state index contributed by atoms with van der Waals surface area (Å²) in [5.41, 5.74) is 1.67. The highest BCUT2D eigenvalue weighted by Crippen LogP contribution is 2.29. The maximum atomic E-state index is 14.0. The monoisotopic (exact) mass is 611 g/mol. The molecule has 3 aromatic rings. The first kappa shape index (κ1) is 31.2. The van der Waals surface area contributed by atoms with E-state index in [1.807, 2.05) is 30.3 Å². The average Bonchev–Trinajstić information content (AvgIpc) is 3.04. The number of benzene rings is 2. The van der Waals surface area contributed by atoms with E-state index in [0.717, 1.165) is 11.1 Å². The molecule has 2 aliphatic heterocycles. The molecule has 1 aromatic heterocycles. The summed E-state index contributed by atoms with van der Waals surface area (Å²) in [5.74, 6) is -0.235. The Labute approximate surface area is 261 Å². The van der Waals surface area contributed by atoms with Gasteiger partial charge in [-0.1, -0.05) is 54.6 Å². The van der Waals surface area contributed by atoms with Gasteiger partial charge in [0.2, 0.25) is 17.7 Å². The van der Waals surface area contributed by atoms with E-state index in [2.05, 4.69) is 22.2 Å². The van der Waals surface area contributed by atoms with Gasteiger partial charge >= 0.3 is 6.03 Å². The molecule has 0 aliphatic carbocycles. The largest absolute Gasteiger partial charge is 0.508 e. The number of carbonyl (C=O) groups is 4. The van der Waals surface area contributed by atoms with E-state index in [1.165, 1.54) is 22.0 Å². The van der Waals surface area contributed by atoms with Crippen LogP contribution in [0.5, 0.6) is 5.75 Å². The van der Waals surface area contributed by atoms with Crippen LogP contribution in [0.15, 0.2) is 91.6 Å². The number of hydrazine groups is 1. The smallest absolute Gasteiger partial charge is 0.334 e. The van der Waals surface area contributed by atoms with Crippen molar-refractivity contribution in [2.75, 3.05) is 31.5 Å². The maximum absolute atomic E-state index is 14.0. The van der Waals surface area contributed by atoms with Crippen molar-refractivity contribution in [3.63, 3.8) is 0 Å². The van der Waals surface area contributed by atoms with E-state index < -0.39 is 18.2 Å². The van der Waals surface area contributed by atoms with E-state index in [-0.39, 0.29) is 69.0 Å². The van der Waals surface area contributed by atoms with Crippen LogP contribution in [0.4, 0.5) is 10.6 Å². The molecule has 234 valence electrons. The molecule has 0 bridgehead atoms. The highest BCUT2D eigenvalue weighted by molar-refractivity contribution is 5.92. The van der Waals surface area contributed by atoms with Gasteiger partial charge in [-0.3, -0.25) is 14.4 Å². The highest BCUT2D eigenvalue weighted by Gasteiger charge is 2.51. The summed E-state index contributed by atoms with van der Waals surface area (Å²) in [7, 11) is 0. The lowest BCUT2D eigenvalue weighted by Crippen LogP contribution is -2.76. The van der Waals surface area contributed by atoms with Gasteiger partial charge in [-0.15, -0.1) is 6.58 Å². The molecule has 2 aliphatic rings. The minimum Gasteiger partial charge on any atom is -0.508 e. The van der Waals surface area contributed by atoms with Crippen molar-refractivity contribution >= 4 is 29.6 Å². The van der Waals surface area contributed by atoms with Crippen LogP contribution in [0.25, 0.3) is 0 Å². The Morgan fingerprint density at radius 2 is 1.76 bits per heavy atom. The second-order valence-electron chi connectivity index (χ2n) is 10.9. The molecule has 2 aromatic carbocycles. The zero-order chi connectivity index (χ0) is 31.8. The number of aromatic hydroxyl groups is 1. The first-order valence-electron chi connectivity index (χ1n) is 14.9. The Balaban J connectivity index is 1.38. The molecule has 2 atom stereocenters. The molecule has 5 amide bonds. The van der Waals surface area contributed by atoms with Crippen LogP contribution in [-0.2, 0) is 27.3 Å². The zero-order valence-corrected chi connectivity index (χ0v) is 24.9. The van der Waals surface area contributed by atoms with Gasteiger partial charge in [0.1, 0.15) is 23.8 Å². The van der Waals surface area contributed by atoms with Crippen molar-refractivity contribution in [1.82, 2.24) is 30.1 Å². The molecule has 3 heterocycles. The average molecular weight is 612 g/mol. The number of hydrogen-bond donors (Lipinski definition) is 3. The van der Waals surface area contributed by atoms with Gasteiger partial charge in [0.05, 0.1) is 13.1 Å². The van der Waals surface area contributed by atoms with Crippen molar-refractivity contribution in [1.29, 1.82) is 0 Å². The number of pyridine rings is 1. The van der Waals surface area contributed by atoms with E-state index in [0.29, 0.717) is 12.2 Å². The fraction of sp³-hybridized carbons (Fsp3) is 0.303. The number of nitrogens with one attached hydrogen (secondary N) is 2. The van der Waals surface area contributed by atoms with Crippen LogP contribution in [0.2, 0.25) is 0 Å². The number of anilines is 1. The molecule has 3 N–H and O–H groups in total. The van der Waals surface area contributed by atoms with Gasteiger partial charge in [-0.2, -0.15) is 0 Å². The molecule has 12 nitrogen and oxygen atoms in total. The zero-order valence-electron chi connectivity index (χ0n) is 24.9. The maximum Gasteiger partial charge on any atom is 0.334 e. The quantitative estimate of drug-likeness (QED) is 0.284. The van der Waals surface area contributed by atoms with E-state index in [4.69, 9.17) is 0 Å². The molecule has 5 rings (SSSR count). The number of hydrogen-bond acceptors (Lipinski definition) is 7. The van der Waals surface area contributed by atoms with E-state index in [9.17, 15) is 24.3 Å². The lowest BCUT2D eigenvalue weighted by atomic mass is 9.98. The number of phenols is 1. The van der Waals surface area contributed by atoms with Crippen molar-refractivity contribution in [2.45, 2.75) is 38.0 Å². The van der Waals surface area contributed by atoms with Gasteiger partial charge in [0, 0.05) is 38.7 Å². The predicted octanol–water partition coefficient (Wildman–Crippen LogP) is 2.74. The highest BCUT2D eigenvalue weighted by atomic mass is 16.3. The second-order valence-corrected chi connectivity index (χ2v) is 10.9. The number of rotatable bonds is 11. The number of nitrogens with zero attached hydrogens (tertiary/aromatic N) is 5. The first-order chi connectivity index (χ1) is 21.8. The molecule has 0 saturated carbocycles. The second kappa shape index (κ2) is 14.5. The number of urea groups is 1. The number of piperazine rings is 1. The van der Waals surface area contributed by atoms with Crippen molar-refractivity contribution in [3.8, 4) is 5.75 Å². The van der Waals surface area contributed by atoms with Crippen molar-refractivity contribution in [2.24, 2.45) is 0 Å². The van der Waals surface area contributed by atoms with Crippen LogP contribution in [0.1, 0.15) is 24.0 Å². The normalized spacial score (nSPS) is 18.4. The summed E-state index contributed by atoms with van der Waals surface area (Å²) < 4.78 is 0. The summed E-state index contributed by atoms with van der Waals surface area (Å²) in [6.45, 7) is 4.56. The summed E-state index contributed by atoms with van der Waals surface area (Å²) in [6.07, 6.45) is 3.14. The number of phenolic OH excluding ortho intramolecular Hbond substituents is 1. The summed E-state index contributed by atoms with van der Waals surface area (Å²) in [4.78, 5) is 61.3. The lowest BCUT2D eigenvalue weighted by molar-refractivity contribution is -0.189. The third kappa shape index (κ3) is 7.65. The SMILES string of the molecule is C=CCN1CC(=O)N2C(CN(CCCC(=O)Nc3ccccn3)C(=O)[C@@H]2Cc2ccc(O)cc2)N1C(=O)NCc1ccccc1. The van der Waals surface area contributed by atoms with Gasteiger partial charge in [0.15, 0.2) is 0 Å². The fourth-order valence-electron chi connectivity index (χ4n) is 5.68. The summed E-state index contributed by atoms with van der Waals surface area (Å²) in [6, 6.07) is 19.9. The Morgan fingerprint density at radius 1 is 1.00 bits per heavy atom. The predicted molar refractivity (Wildman–Crippen MR) is 167 cm³/mol. The van der Waals surface area contributed by atoms with Crippen LogP contribution in [0, 0.1) is 0 Å². The molecular formula is C33H37N7O5. The fourth-order valence-corrected chi connectivity index (χ4v) is 5.68. The minimum absolute atomic E-state index is 0.0743. The Morgan fingerprint density at radius 3 is 2.47 bits per heavy atom.